The lowest BCUT2D eigenvalue weighted by atomic mass is 10.0. The minimum Gasteiger partial charge on any atom is -0.378 e. The standard InChI is InChI=1S/C28H36FN9O2/c1-4-38-21(16-36-10-8-17(15-36)35-28(2,3)27(30)39)32-23-25(37-11-13-40-14-12-37)33-24(34-26(23)38)22-18-7-9-31-20(18)6-5-19(22)29/h5-7,9,17,31,35H,4,8,10-16H2,1-3H3,(H2,30,39)/t17-/m0/s1. The summed E-state index contributed by atoms with van der Waals surface area (Å²) < 4.78 is 23.0. The third kappa shape index (κ3) is 4.80. The predicted octanol–water partition coefficient (Wildman–Crippen LogP) is 2.40. The van der Waals surface area contributed by atoms with Crippen LogP contribution < -0.4 is 16.0 Å². The number of H-pyrrole nitrogens is 1. The maximum absolute atomic E-state index is 15.3. The summed E-state index contributed by atoms with van der Waals surface area (Å²) in [5, 5.41) is 4.14. The third-order valence-corrected chi connectivity index (χ3v) is 8.01. The molecule has 5 heterocycles. The van der Waals surface area contributed by atoms with Crippen molar-refractivity contribution >= 4 is 33.8 Å². The van der Waals surface area contributed by atoms with Crippen molar-refractivity contribution in [1.82, 2.24) is 34.7 Å². The van der Waals surface area contributed by atoms with Gasteiger partial charge in [0.15, 0.2) is 22.8 Å². The summed E-state index contributed by atoms with van der Waals surface area (Å²) in [4.78, 5) is 34.4. The molecule has 212 valence electrons. The summed E-state index contributed by atoms with van der Waals surface area (Å²) in [6, 6.07) is 5.19. The Hall–Kier alpha value is -3.61. The number of benzene rings is 1. The molecule has 0 saturated carbocycles. The molecule has 1 atom stereocenters. The molecule has 40 heavy (non-hydrogen) atoms. The van der Waals surface area contributed by atoms with Crippen molar-refractivity contribution < 1.29 is 13.9 Å². The fraction of sp³-hybridized carbons (Fsp3) is 0.500. The van der Waals surface area contributed by atoms with Crippen molar-refractivity contribution in [3.8, 4) is 11.4 Å². The number of amides is 1. The molecule has 2 saturated heterocycles. The molecule has 0 aliphatic carbocycles. The number of aromatic nitrogens is 5. The van der Waals surface area contributed by atoms with Crippen LogP contribution in [0.1, 0.15) is 33.0 Å². The zero-order valence-corrected chi connectivity index (χ0v) is 23.2. The average molecular weight is 550 g/mol. The van der Waals surface area contributed by atoms with E-state index in [-0.39, 0.29) is 17.8 Å². The van der Waals surface area contributed by atoms with Gasteiger partial charge in [-0.15, -0.1) is 0 Å². The van der Waals surface area contributed by atoms with Crippen LogP contribution in [0.4, 0.5) is 10.2 Å². The molecule has 1 aromatic carbocycles. The summed E-state index contributed by atoms with van der Waals surface area (Å²) in [7, 11) is 0. The number of imidazole rings is 1. The second-order valence-electron chi connectivity index (χ2n) is 11.1. The van der Waals surface area contributed by atoms with Crippen molar-refractivity contribution in [3.63, 3.8) is 0 Å². The van der Waals surface area contributed by atoms with Crippen molar-refractivity contribution in [2.45, 2.75) is 51.9 Å². The van der Waals surface area contributed by atoms with E-state index in [1.807, 2.05) is 19.9 Å². The van der Waals surface area contributed by atoms with Gasteiger partial charge < -0.3 is 24.9 Å². The molecule has 0 radical (unpaired) electrons. The predicted molar refractivity (Wildman–Crippen MR) is 151 cm³/mol. The molecule has 0 unspecified atom stereocenters. The first kappa shape index (κ1) is 26.6. The maximum Gasteiger partial charge on any atom is 0.237 e. The highest BCUT2D eigenvalue weighted by Gasteiger charge is 2.33. The number of likely N-dealkylation sites (tertiary alicyclic amines) is 1. The molecule has 11 nitrogen and oxygen atoms in total. The number of morpholine rings is 1. The third-order valence-electron chi connectivity index (χ3n) is 8.01. The van der Waals surface area contributed by atoms with Gasteiger partial charge in [0, 0.05) is 55.9 Å². The van der Waals surface area contributed by atoms with E-state index in [1.54, 1.807) is 12.3 Å². The topological polar surface area (TPSA) is 130 Å². The van der Waals surface area contributed by atoms with E-state index in [2.05, 4.69) is 31.6 Å². The Morgan fingerprint density at radius 3 is 2.75 bits per heavy atom. The first-order chi connectivity index (χ1) is 19.2. The number of hydrogen-bond acceptors (Lipinski definition) is 8. The number of nitrogens with one attached hydrogen (secondary N) is 2. The molecule has 4 aromatic rings. The maximum atomic E-state index is 15.3. The van der Waals surface area contributed by atoms with Gasteiger partial charge in [0.05, 0.1) is 30.9 Å². The largest absolute Gasteiger partial charge is 0.378 e. The molecular weight excluding hydrogens is 513 g/mol. The van der Waals surface area contributed by atoms with Crippen LogP contribution in [0.2, 0.25) is 0 Å². The van der Waals surface area contributed by atoms with E-state index in [1.165, 1.54) is 6.07 Å². The number of anilines is 1. The van der Waals surface area contributed by atoms with Crippen LogP contribution in [0.3, 0.4) is 0 Å². The number of carbonyl (C=O) groups excluding carboxylic acids is 1. The van der Waals surface area contributed by atoms with Crippen LogP contribution in [-0.2, 0) is 22.6 Å². The highest BCUT2D eigenvalue weighted by Crippen LogP contribution is 2.34. The van der Waals surface area contributed by atoms with Gasteiger partial charge in [0.25, 0.3) is 0 Å². The molecule has 2 aliphatic heterocycles. The number of fused-ring (bicyclic) bond motifs is 2. The lowest BCUT2D eigenvalue weighted by Gasteiger charge is -2.28. The molecule has 4 N–H and O–H groups in total. The number of ether oxygens (including phenoxy) is 1. The lowest BCUT2D eigenvalue weighted by Crippen LogP contribution is -2.55. The van der Waals surface area contributed by atoms with Gasteiger partial charge >= 0.3 is 0 Å². The molecule has 3 aromatic heterocycles. The Kier molecular flexibility index (Phi) is 6.93. The number of nitrogens with two attached hydrogens (primary N) is 1. The number of aromatic amines is 1. The number of nitrogens with zero attached hydrogens (tertiary/aromatic N) is 6. The van der Waals surface area contributed by atoms with Crippen molar-refractivity contribution in [2.75, 3.05) is 44.3 Å². The summed E-state index contributed by atoms with van der Waals surface area (Å²) in [5.41, 5.74) is 7.42. The van der Waals surface area contributed by atoms with E-state index >= 15 is 4.39 Å². The molecule has 6 rings (SSSR count). The van der Waals surface area contributed by atoms with Gasteiger partial charge in [-0.05, 0) is 45.4 Å². The second kappa shape index (κ2) is 10.4. The summed E-state index contributed by atoms with van der Waals surface area (Å²) >= 11 is 0. The Morgan fingerprint density at radius 1 is 1.20 bits per heavy atom. The van der Waals surface area contributed by atoms with Crippen LogP contribution in [0.15, 0.2) is 24.4 Å². The van der Waals surface area contributed by atoms with Gasteiger partial charge in [-0.3, -0.25) is 15.0 Å². The fourth-order valence-corrected chi connectivity index (χ4v) is 5.80. The number of carbonyl (C=O) groups is 1. The first-order valence-corrected chi connectivity index (χ1v) is 13.9. The number of aryl methyl sites for hydroxylation is 1. The van der Waals surface area contributed by atoms with E-state index in [4.69, 9.17) is 25.4 Å². The molecular formula is C28H36FN9O2. The average Bonchev–Trinajstić information content (AvgIpc) is 3.67. The Bertz CT molecular complexity index is 1560. The zero-order valence-electron chi connectivity index (χ0n) is 23.2. The van der Waals surface area contributed by atoms with E-state index in [0.29, 0.717) is 67.8 Å². The first-order valence-electron chi connectivity index (χ1n) is 13.9. The van der Waals surface area contributed by atoms with Crippen LogP contribution in [0, 0.1) is 5.82 Å². The lowest BCUT2D eigenvalue weighted by molar-refractivity contribution is -0.123. The van der Waals surface area contributed by atoms with Crippen molar-refractivity contribution in [3.05, 3.63) is 36.0 Å². The fourth-order valence-electron chi connectivity index (χ4n) is 5.80. The van der Waals surface area contributed by atoms with Crippen LogP contribution in [-0.4, -0.2) is 86.3 Å². The van der Waals surface area contributed by atoms with Crippen LogP contribution >= 0.6 is 0 Å². The molecule has 0 spiro atoms. The Labute approximate surface area is 231 Å². The summed E-state index contributed by atoms with van der Waals surface area (Å²) in [5.74, 6) is 1.20. The smallest absolute Gasteiger partial charge is 0.237 e. The molecule has 12 heteroatoms. The highest BCUT2D eigenvalue weighted by molar-refractivity contribution is 5.95. The number of hydrogen-bond donors (Lipinski definition) is 3. The second-order valence-corrected chi connectivity index (χ2v) is 11.1. The molecule has 2 aliphatic rings. The molecule has 2 fully saturated rings. The van der Waals surface area contributed by atoms with Gasteiger partial charge in [-0.2, -0.15) is 0 Å². The number of rotatable bonds is 8. The number of halogens is 1. The minimum atomic E-state index is -0.770. The quantitative estimate of drug-likeness (QED) is 0.306. The highest BCUT2D eigenvalue weighted by atomic mass is 19.1. The molecule has 1 amide bonds. The number of primary amides is 1. The van der Waals surface area contributed by atoms with Crippen LogP contribution in [0.25, 0.3) is 33.5 Å². The Morgan fingerprint density at radius 2 is 2.00 bits per heavy atom. The molecule has 0 bridgehead atoms. The van der Waals surface area contributed by atoms with Crippen molar-refractivity contribution in [1.29, 1.82) is 0 Å². The SMILES string of the molecule is CCn1c(CN2CC[C@H](NC(C)(C)C(N)=O)C2)nc2c(N3CCOCC3)nc(-c3c(F)ccc4[nH]ccc34)nc21. The van der Waals surface area contributed by atoms with Crippen LogP contribution in [0.5, 0.6) is 0 Å². The van der Waals surface area contributed by atoms with E-state index in [0.717, 1.165) is 36.2 Å². The summed E-state index contributed by atoms with van der Waals surface area (Å²) in [6.45, 7) is 11.1. The van der Waals surface area contributed by atoms with Gasteiger partial charge in [-0.25, -0.2) is 19.3 Å². The zero-order chi connectivity index (χ0) is 28.0. The monoisotopic (exact) mass is 549 g/mol. The normalized spacial score (nSPS) is 18.8. The van der Waals surface area contributed by atoms with E-state index in [9.17, 15) is 4.79 Å². The van der Waals surface area contributed by atoms with Gasteiger partial charge in [0.1, 0.15) is 11.6 Å². The van der Waals surface area contributed by atoms with E-state index < -0.39 is 5.54 Å². The Balaban J connectivity index is 1.40. The van der Waals surface area contributed by atoms with Gasteiger partial charge in [0.2, 0.25) is 5.91 Å². The van der Waals surface area contributed by atoms with Crippen molar-refractivity contribution in [2.24, 2.45) is 5.73 Å². The minimum absolute atomic E-state index is 0.155. The van der Waals surface area contributed by atoms with Gasteiger partial charge in [-0.1, -0.05) is 0 Å². The summed E-state index contributed by atoms with van der Waals surface area (Å²) in [6.07, 6.45) is 2.71.